The summed E-state index contributed by atoms with van der Waals surface area (Å²) < 4.78 is 27.1. The van der Waals surface area contributed by atoms with Gasteiger partial charge in [0.2, 0.25) is 0 Å². The third-order valence-electron chi connectivity index (χ3n) is 4.23. The largest absolute Gasteiger partial charge is 0.269 e. The van der Waals surface area contributed by atoms with Gasteiger partial charge in [-0.3, -0.25) is 0 Å². The van der Waals surface area contributed by atoms with Gasteiger partial charge in [-0.15, -0.1) is 0 Å². The molecule has 120 valence electrons. The maximum atomic E-state index is 12.9. The molecule has 0 atom stereocenters. The molecule has 0 bridgehead atoms. The zero-order chi connectivity index (χ0) is 16.8. The van der Waals surface area contributed by atoms with Gasteiger partial charge >= 0.3 is 0 Å². The number of benzene rings is 2. The molecule has 4 nitrogen and oxygen atoms in total. The van der Waals surface area contributed by atoms with Gasteiger partial charge in [-0.25, -0.2) is 17.4 Å². The highest BCUT2D eigenvalue weighted by Gasteiger charge is 2.20. The van der Waals surface area contributed by atoms with E-state index in [1.54, 1.807) is 12.1 Å². The van der Waals surface area contributed by atoms with Crippen LogP contribution in [0.3, 0.4) is 0 Å². The van der Waals surface area contributed by atoms with Crippen LogP contribution in [0.25, 0.3) is 11.0 Å². The second kappa shape index (κ2) is 5.49. The van der Waals surface area contributed by atoms with Gasteiger partial charge in [0, 0.05) is 0 Å². The predicted octanol–water partition coefficient (Wildman–Crippen LogP) is 4.01. The lowest BCUT2D eigenvalue weighted by Gasteiger charge is -2.10. The number of aryl methyl sites for hydroxylation is 2. The molecular weight excluding hydrogens is 308 g/mol. The zero-order valence-corrected chi connectivity index (χ0v) is 14.6. The second-order valence-electron chi connectivity index (χ2n) is 6.19. The average Bonchev–Trinajstić information content (AvgIpc) is 2.91. The van der Waals surface area contributed by atoms with Gasteiger partial charge in [0.1, 0.15) is 6.33 Å². The molecule has 0 saturated heterocycles. The van der Waals surface area contributed by atoms with Crippen LogP contribution >= 0.6 is 0 Å². The van der Waals surface area contributed by atoms with Crippen molar-refractivity contribution in [1.82, 2.24) is 8.96 Å². The van der Waals surface area contributed by atoms with Crippen molar-refractivity contribution in [3.05, 3.63) is 59.4 Å². The third kappa shape index (κ3) is 2.65. The summed E-state index contributed by atoms with van der Waals surface area (Å²) in [6, 6.07) is 10.9. The van der Waals surface area contributed by atoms with Crippen molar-refractivity contribution in [2.45, 2.75) is 38.5 Å². The van der Waals surface area contributed by atoms with Crippen molar-refractivity contribution in [2.75, 3.05) is 0 Å². The quantitative estimate of drug-likeness (QED) is 0.730. The molecule has 1 aromatic heterocycles. The Hall–Kier alpha value is -2.14. The fourth-order valence-electron chi connectivity index (χ4n) is 2.57. The summed E-state index contributed by atoms with van der Waals surface area (Å²) in [6.07, 6.45) is 1.38. The van der Waals surface area contributed by atoms with Gasteiger partial charge in [-0.1, -0.05) is 26.0 Å². The van der Waals surface area contributed by atoms with Crippen molar-refractivity contribution < 1.29 is 8.42 Å². The molecule has 0 unspecified atom stereocenters. The van der Waals surface area contributed by atoms with Crippen LogP contribution < -0.4 is 0 Å². The number of hydrogen-bond acceptors (Lipinski definition) is 3. The molecule has 3 rings (SSSR count). The first-order valence-electron chi connectivity index (χ1n) is 7.60. The minimum absolute atomic E-state index is 0.277. The van der Waals surface area contributed by atoms with Gasteiger partial charge in [0.05, 0.1) is 15.9 Å². The highest BCUT2D eigenvalue weighted by atomic mass is 32.2. The van der Waals surface area contributed by atoms with Crippen molar-refractivity contribution in [3.8, 4) is 0 Å². The normalized spacial score (nSPS) is 12.2. The summed E-state index contributed by atoms with van der Waals surface area (Å²) >= 11 is 0. The molecule has 23 heavy (non-hydrogen) atoms. The summed E-state index contributed by atoms with van der Waals surface area (Å²) in [5.41, 5.74) is 4.56. The molecule has 0 amide bonds. The van der Waals surface area contributed by atoms with Crippen LogP contribution in [0.2, 0.25) is 0 Å². The summed E-state index contributed by atoms with van der Waals surface area (Å²) in [5, 5.41) is 0. The van der Waals surface area contributed by atoms with Gasteiger partial charge in [-0.2, -0.15) is 0 Å². The van der Waals surface area contributed by atoms with Crippen molar-refractivity contribution >= 4 is 21.1 Å². The molecule has 3 aromatic rings. The highest BCUT2D eigenvalue weighted by Crippen LogP contribution is 2.24. The van der Waals surface area contributed by atoms with E-state index in [9.17, 15) is 8.42 Å². The van der Waals surface area contributed by atoms with Crippen LogP contribution in [0.15, 0.2) is 47.6 Å². The summed E-state index contributed by atoms with van der Waals surface area (Å²) in [5.74, 6) is 0.367. The topological polar surface area (TPSA) is 52.0 Å². The summed E-state index contributed by atoms with van der Waals surface area (Å²) in [7, 11) is -3.64. The van der Waals surface area contributed by atoms with Crippen molar-refractivity contribution in [3.63, 3.8) is 0 Å². The van der Waals surface area contributed by atoms with Crippen molar-refractivity contribution in [2.24, 2.45) is 0 Å². The van der Waals surface area contributed by atoms with E-state index in [2.05, 4.69) is 18.8 Å². The molecule has 0 aliphatic carbocycles. The van der Waals surface area contributed by atoms with E-state index in [1.807, 2.05) is 38.1 Å². The Labute approximate surface area is 136 Å². The van der Waals surface area contributed by atoms with E-state index in [4.69, 9.17) is 0 Å². The first-order chi connectivity index (χ1) is 10.8. The molecule has 0 N–H and O–H groups in total. The smallest absolute Gasteiger partial charge is 0.236 e. The highest BCUT2D eigenvalue weighted by molar-refractivity contribution is 7.90. The Bertz CT molecular complexity index is 968. The fourth-order valence-corrected chi connectivity index (χ4v) is 3.86. The van der Waals surface area contributed by atoms with Gasteiger partial charge < -0.3 is 0 Å². The monoisotopic (exact) mass is 328 g/mol. The molecule has 0 fully saturated rings. The maximum Gasteiger partial charge on any atom is 0.269 e. The summed E-state index contributed by atoms with van der Waals surface area (Å²) in [4.78, 5) is 4.52. The Kier molecular flexibility index (Phi) is 3.76. The minimum atomic E-state index is -3.64. The Morgan fingerprint density at radius 1 is 1.00 bits per heavy atom. The van der Waals surface area contributed by atoms with E-state index in [1.165, 1.54) is 10.3 Å². The Morgan fingerprint density at radius 3 is 2.22 bits per heavy atom. The molecule has 0 radical (unpaired) electrons. The molecule has 5 heteroatoms. The van der Waals surface area contributed by atoms with E-state index >= 15 is 0 Å². The molecule has 0 aliphatic heterocycles. The molecule has 0 spiro atoms. The SMILES string of the molecule is Cc1cc2ncn(S(=O)(=O)c3ccc(C(C)C)cc3)c2cc1C. The van der Waals surface area contributed by atoms with Crippen LogP contribution in [0.5, 0.6) is 0 Å². The molecule has 0 aliphatic rings. The van der Waals surface area contributed by atoms with Crippen LogP contribution in [0.1, 0.15) is 36.5 Å². The fraction of sp³-hybridized carbons (Fsp3) is 0.278. The third-order valence-corrected chi connectivity index (χ3v) is 5.91. The lowest BCUT2D eigenvalue weighted by atomic mass is 10.0. The number of imidazole rings is 1. The first-order valence-corrected chi connectivity index (χ1v) is 9.04. The predicted molar refractivity (Wildman–Crippen MR) is 92.3 cm³/mol. The van der Waals surface area contributed by atoms with Crippen LogP contribution in [0, 0.1) is 13.8 Å². The average molecular weight is 328 g/mol. The first kappa shape index (κ1) is 15.7. The maximum absolute atomic E-state index is 12.9. The number of nitrogens with zero attached hydrogens (tertiary/aromatic N) is 2. The lowest BCUT2D eigenvalue weighted by molar-refractivity contribution is 0.588. The Balaban J connectivity index is 2.14. The lowest BCUT2D eigenvalue weighted by Crippen LogP contribution is -2.12. The van der Waals surface area contributed by atoms with E-state index in [0.29, 0.717) is 17.0 Å². The van der Waals surface area contributed by atoms with Crippen LogP contribution in [0.4, 0.5) is 0 Å². The number of rotatable bonds is 3. The van der Waals surface area contributed by atoms with Gasteiger partial charge in [-0.05, 0) is 60.7 Å². The van der Waals surface area contributed by atoms with Crippen molar-refractivity contribution in [1.29, 1.82) is 0 Å². The number of hydrogen-bond donors (Lipinski definition) is 0. The van der Waals surface area contributed by atoms with Crippen LogP contribution in [-0.4, -0.2) is 17.4 Å². The van der Waals surface area contributed by atoms with E-state index in [-0.39, 0.29) is 4.90 Å². The van der Waals surface area contributed by atoms with Gasteiger partial charge in [0.15, 0.2) is 0 Å². The van der Waals surface area contributed by atoms with Gasteiger partial charge in [0.25, 0.3) is 10.0 Å². The van der Waals surface area contributed by atoms with Crippen LogP contribution in [-0.2, 0) is 10.0 Å². The molecule has 2 aromatic carbocycles. The summed E-state index contributed by atoms with van der Waals surface area (Å²) in [6.45, 7) is 8.12. The second-order valence-corrected chi connectivity index (χ2v) is 8.01. The minimum Gasteiger partial charge on any atom is -0.236 e. The Morgan fingerprint density at radius 2 is 1.61 bits per heavy atom. The molecule has 0 saturated carbocycles. The van der Waals surface area contributed by atoms with E-state index < -0.39 is 10.0 Å². The number of fused-ring (bicyclic) bond motifs is 1. The molecule has 1 heterocycles. The molecular formula is C18H20N2O2S. The standard InChI is InChI=1S/C18H20N2O2S/c1-12(2)15-5-7-16(8-6-15)23(21,22)20-11-19-17-9-13(3)14(4)10-18(17)20/h5-12H,1-4H3. The zero-order valence-electron chi connectivity index (χ0n) is 13.7. The number of aromatic nitrogens is 2. The van der Waals surface area contributed by atoms with E-state index in [0.717, 1.165) is 16.7 Å².